The SMILES string of the molecule is C[C@H]1C(N=[N+]=[N-])CN(C(=O)OC(C)(C)C)CC1O[Si](C)(C)C(C)(C)C. The van der Waals surface area contributed by atoms with Crippen LogP contribution in [0.5, 0.6) is 0 Å². The fourth-order valence-corrected chi connectivity index (χ4v) is 3.88. The first-order valence-electron chi connectivity index (χ1n) is 8.88. The van der Waals surface area contributed by atoms with Crippen LogP contribution in [0.3, 0.4) is 0 Å². The zero-order valence-corrected chi connectivity index (χ0v) is 18.2. The number of hydrogen-bond donors (Lipinski definition) is 0. The van der Waals surface area contributed by atoms with Crippen LogP contribution in [0.1, 0.15) is 48.5 Å². The summed E-state index contributed by atoms with van der Waals surface area (Å²) in [6.45, 7) is 19.3. The largest absolute Gasteiger partial charge is 0.444 e. The summed E-state index contributed by atoms with van der Waals surface area (Å²) in [5.41, 5.74) is 8.32. The molecule has 0 aliphatic carbocycles. The predicted molar refractivity (Wildman–Crippen MR) is 102 cm³/mol. The number of likely N-dealkylation sites (tertiary alicyclic amines) is 1. The second-order valence-electron chi connectivity index (χ2n) is 9.43. The maximum absolute atomic E-state index is 12.5. The van der Waals surface area contributed by atoms with Crippen molar-refractivity contribution in [3.63, 3.8) is 0 Å². The molecule has 0 spiro atoms. The molecule has 1 aliphatic rings. The second-order valence-corrected chi connectivity index (χ2v) is 14.2. The molecule has 144 valence electrons. The first-order valence-corrected chi connectivity index (χ1v) is 11.8. The molecule has 0 aromatic carbocycles. The minimum absolute atomic E-state index is 0.0451. The van der Waals surface area contributed by atoms with Gasteiger partial charge in [0, 0.05) is 18.0 Å². The summed E-state index contributed by atoms with van der Waals surface area (Å²) in [6.07, 6.45) is -0.556. The van der Waals surface area contributed by atoms with E-state index in [1.807, 2.05) is 27.7 Å². The maximum atomic E-state index is 12.5. The fraction of sp³-hybridized carbons (Fsp3) is 0.941. The summed E-state index contributed by atoms with van der Waals surface area (Å²) < 4.78 is 12.0. The number of ether oxygens (including phenoxy) is 1. The van der Waals surface area contributed by atoms with Gasteiger partial charge >= 0.3 is 6.09 Å². The molecule has 1 heterocycles. The molecule has 2 unspecified atom stereocenters. The lowest BCUT2D eigenvalue weighted by molar-refractivity contribution is -0.0116. The van der Waals surface area contributed by atoms with Crippen molar-refractivity contribution >= 4 is 14.4 Å². The molecule has 1 amide bonds. The molecule has 0 N–H and O–H groups in total. The molecule has 0 saturated carbocycles. The van der Waals surface area contributed by atoms with Gasteiger partial charge in [0.2, 0.25) is 0 Å². The fourth-order valence-electron chi connectivity index (χ4n) is 2.48. The number of azide groups is 1. The van der Waals surface area contributed by atoms with Crippen molar-refractivity contribution in [1.29, 1.82) is 0 Å². The lowest BCUT2D eigenvalue weighted by Crippen LogP contribution is -2.57. The van der Waals surface area contributed by atoms with Crippen molar-refractivity contribution in [2.75, 3.05) is 13.1 Å². The number of amides is 1. The van der Waals surface area contributed by atoms with Crippen LogP contribution in [0.2, 0.25) is 18.1 Å². The zero-order chi connectivity index (χ0) is 19.6. The standard InChI is InChI=1S/C17H34N4O3Si/c1-12-13(19-20-18)10-21(15(22)23-16(2,3)4)11-14(12)24-25(8,9)17(5,6)7/h12-14H,10-11H2,1-9H3/t12-,13?,14?/m0/s1. The van der Waals surface area contributed by atoms with E-state index in [2.05, 4.69) is 43.9 Å². The molecule has 1 rings (SSSR count). The Labute approximate surface area is 152 Å². The number of nitrogens with zero attached hydrogens (tertiary/aromatic N) is 4. The molecule has 7 nitrogen and oxygen atoms in total. The summed E-state index contributed by atoms with van der Waals surface area (Å²) in [5, 5.41) is 3.97. The molecule has 0 radical (unpaired) electrons. The van der Waals surface area contributed by atoms with Gasteiger partial charge in [0.25, 0.3) is 0 Å². The van der Waals surface area contributed by atoms with Gasteiger partial charge in [-0.1, -0.05) is 32.8 Å². The van der Waals surface area contributed by atoms with E-state index >= 15 is 0 Å². The minimum Gasteiger partial charge on any atom is -0.444 e. The minimum atomic E-state index is -2.01. The van der Waals surface area contributed by atoms with Crippen LogP contribution in [0.25, 0.3) is 10.4 Å². The lowest BCUT2D eigenvalue weighted by atomic mass is 9.91. The van der Waals surface area contributed by atoms with E-state index in [-0.39, 0.29) is 29.2 Å². The Balaban J connectivity index is 3.03. The third-order valence-electron chi connectivity index (χ3n) is 5.10. The summed E-state index contributed by atoms with van der Waals surface area (Å²) >= 11 is 0. The zero-order valence-electron chi connectivity index (χ0n) is 17.2. The van der Waals surface area contributed by atoms with E-state index in [9.17, 15) is 4.79 Å². The normalized spacial score (nSPS) is 25.3. The first-order chi connectivity index (χ1) is 11.2. The Kier molecular flexibility index (Phi) is 6.59. The third kappa shape index (κ3) is 5.90. The molecule has 25 heavy (non-hydrogen) atoms. The van der Waals surface area contributed by atoms with Gasteiger partial charge in [-0.25, -0.2) is 4.79 Å². The van der Waals surface area contributed by atoms with Crippen LogP contribution in [0.4, 0.5) is 4.79 Å². The van der Waals surface area contributed by atoms with E-state index in [1.54, 1.807) is 4.90 Å². The Hall–Kier alpha value is -1.24. The third-order valence-corrected chi connectivity index (χ3v) is 9.61. The molecular weight excluding hydrogens is 336 g/mol. The monoisotopic (exact) mass is 370 g/mol. The van der Waals surface area contributed by atoms with Crippen molar-refractivity contribution in [3.05, 3.63) is 10.4 Å². The van der Waals surface area contributed by atoms with Crippen molar-refractivity contribution in [2.45, 2.75) is 84.3 Å². The Morgan fingerprint density at radius 3 is 2.20 bits per heavy atom. The van der Waals surface area contributed by atoms with Gasteiger partial charge in [-0.2, -0.15) is 0 Å². The van der Waals surface area contributed by atoms with Crippen molar-refractivity contribution in [2.24, 2.45) is 11.0 Å². The summed E-state index contributed by atoms with van der Waals surface area (Å²) in [5.74, 6) is 0.0451. The van der Waals surface area contributed by atoms with Crippen LogP contribution in [-0.2, 0) is 9.16 Å². The molecule has 1 aliphatic heterocycles. The molecule has 0 aromatic heterocycles. The average Bonchev–Trinajstić information content (AvgIpc) is 2.39. The summed E-state index contributed by atoms with van der Waals surface area (Å²) in [6, 6.07) is -0.318. The number of carbonyl (C=O) groups is 1. The highest BCUT2D eigenvalue weighted by atomic mass is 28.4. The number of hydrogen-bond acceptors (Lipinski definition) is 4. The van der Waals surface area contributed by atoms with Gasteiger partial charge in [0.15, 0.2) is 8.32 Å². The second kappa shape index (κ2) is 7.56. The van der Waals surface area contributed by atoms with Crippen LogP contribution in [0, 0.1) is 5.92 Å². The maximum Gasteiger partial charge on any atom is 0.410 e. The van der Waals surface area contributed by atoms with Crippen LogP contribution in [0.15, 0.2) is 5.11 Å². The summed E-state index contributed by atoms with van der Waals surface area (Å²) in [4.78, 5) is 17.1. The van der Waals surface area contributed by atoms with E-state index in [1.165, 1.54) is 0 Å². The van der Waals surface area contributed by atoms with Crippen LogP contribution >= 0.6 is 0 Å². The molecule has 0 aromatic rings. The highest BCUT2D eigenvalue weighted by molar-refractivity contribution is 6.74. The van der Waals surface area contributed by atoms with Gasteiger partial charge in [0.05, 0.1) is 12.1 Å². The molecule has 1 fully saturated rings. The summed E-state index contributed by atoms with van der Waals surface area (Å²) in [7, 11) is -2.01. The van der Waals surface area contributed by atoms with Gasteiger partial charge in [0.1, 0.15) is 5.60 Å². The van der Waals surface area contributed by atoms with E-state index in [0.717, 1.165) is 0 Å². The number of rotatable bonds is 3. The van der Waals surface area contributed by atoms with E-state index in [0.29, 0.717) is 13.1 Å². The van der Waals surface area contributed by atoms with Crippen LogP contribution in [-0.4, -0.2) is 50.1 Å². The van der Waals surface area contributed by atoms with E-state index < -0.39 is 13.9 Å². The molecular formula is C17H34N4O3Si. The lowest BCUT2D eigenvalue weighted by Gasteiger charge is -2.46. The van der Waals surface area contributed by atoms with Crippen molar-refractivity contribution < 1.29 is 14.0 Å². The van der Waals surface area contributed by atoms with Crippen LogP contribution < -0.4 is 0 Å². The number of carbonyl (C=O) groups excluding carboxylic acids is 1. The quantitative estimate of drug-likeness (QED) is 0.305. The van der Waals surface area contributed by atoms with Crippen molar-refractivity contribution in [1.82, 2.24) is 4.90 Å². The average molecular weight is 371 g/mol. The molecule has 1 saturated heterocycles. The first kappa shape index (κ1) is 21.8. The Morgan fingerprint density at radius 2 is 1.76 bits per heavy atom. The topological polar surface area (TPSA) is 87.5 Å². The Morgan fingerprint density at radius 1 is 1.20 bits per heavy atom. The number of piperidine rings is 1. The van der Waals surface area contributed by atoms with E-state index in [4.69, 9.17) is 14.7 Å². The van der Waals surface area contributed by atoms with Gasteiger partial charge in [-0.3, -0.25) is 0 Å². The molecule has 8 heteroatoms. The van der Waals surface area contributed by atoms with Crippen molar-refractivity contribution in [3.8, 4) is 0 Å². The highest BCUT2D eigenvalue weighted by Crippen LogP contribution is 2.39. The predicted octanol–water partition coefficient (Wildman–Crippen LogP) is 4.94. The Bertz CT molecular complexity index is 533. The molecule has 3 atom stereocenters. The molecule has 0 bridgehead atoms. The van der Waals surface area contributed by atoms with Gasteiger partial charge in [-0.05, 0) is 50.4 Å². The van der Waals surface area contributed by atoms with Gasteiger partial charge in [-0.15, -0.1) is 0 Å². The smallest absolute Gasteiger partial charge is 0.410 e. The highest BCUT2D eigenvalue weighted by Gasteiger charge is 2.44. The van der Waals surface area contributed by atoms with Gasteiger partial charge < -0.3 is 14.1 Å².